The van der Waals surface area contributed by atoms with Gasteiger partial charge in [-0.25, -0.2) is 0 Å². The topological polar surface area (TPSA) is 6.48 Å². The highest BCUT2D eigenvalue weighted by molar-refractivity contribution is 5.95. The summed E-state index contributed by atoms with van der Waals surface area (Å²) in [6.45, 7) is 4.46. The Labute approximate surface area is 352 Å². The van der Waals surface area contributed by atoms with E-state index in [1.54, 1.807) is 0 Å². The molecule has 0 saturated heterocycles. The predicted octanol–water partition coefficient (Wildman–Crippen LogP) is 16.6. The van der Waals surface area contributed by atoms with Gasteiger partial charge in [0.2, 0.25) is 0 Å². The first-order valence-corrected chi connectivity index (χ1v) is 20.7. The summed E-state index contributed by atoms with van der Waals surface area (Å²) in [6.07, 6.45) is 0. The standard InChI is InChI=1S/C58H44N2/c1-41-37-47(33-35-55(41)59(51-21-5-3-6-22-51)57-27-15-13-25-53(57)49-31-29-43-17-9-11-19-45(43)39-49)48-34-36-56(42(2)38-48)60(52-23-7-4-8-24-52)58-28-16-14-26-54(58)50-32-30-44-18-10-12-20-46(44)40-50/h3-40H,1-2H3. The van der Waals surface area contributed by atoms with Crippen molar-refractivity contribution >= 4 is 55.7 Å². The van der Waals surface area contributed by atoms with E-state index in [0.29, 0.717) is 0 Å². The van der Waals surface area contributed by atoms with Crippen molar-refractivity contribution in [1.82, 2.24) is 0 Å². The summed E-state index contributed by atoms with van der Waals surface area (Å²) in [6, 6.07) is 83.4. The number of anilines is 6. The third-order valence-corrected chi connectivity index (χ3v) is 11.6. The largest absolute Gasteiger partial charge is 0.310 e. The number of para-hydroxylation sites is 4. The molecule has 0 fully saturated rings. The number of hydrogen-bond donors (Lipinski definition) is 0. The minimum absolute atomic E-state index is 1.12. The van der Waals surface area contributed by atoms with Crippen molar-refractivity contribution in [2.45, 2.75) is 13.8 Å². The molecule has 0 saturated carbocycles. The van der Waals surface area contributed by atoms with Gasteiger partial charge in [-0.05, 0) is 142 Å². The van der Waals surface area contributed by atoms with E-state index in [1.165, 1.54) is 66.1 Å². The van der Waals surface area contributed by atoms with Crippen molar-refractivity contribution in [2.24, 2.45) is 0 Å². The van der Waals surface area contributed by atoms with E-state index in [-0.39, 0.29) is 0 Å². The van der Waals surface area contributed by atoms with Crippen LogP contribution < -0.4 is 9.80 Å². The number of hydrogen-bond acceptors (Lipinski definition) is 2. The minimum Gasteiger partial charge on any atom is -0.310 e. The number of benzene rings is 10. The van der Waals surface area contributed by atoms with Gasteiger partial charge in [0.15, 0.2) is 0 Å². The molecule has 0 spiro atoms. The zero-order chi connectivity index (χ0) is 40.4. The Morgan fingerprint density at radius 2 is 0.600 bits per heavy atom. The number of aryl methyl sites for hydroxylation is 2. The lowest BCUT2D eigenvalue weighted by Crippen LogP contribution is -2.13. The number of rotatable bonds is 9. The van der Waals surface area contributed by atoms with Crippen LogP contribution in [0.1, 0.15) is 11.1 Å². The molecule has 60 heavy (non-hydrogen) atoms. The average Bonchev–Trinajstić information content (AvgIpc) is 3.31. The smallest absolute Gasteiger partial charge is 0.0540 e. The van der Waals surface area contributed by atoms with Crippen molar-refractivity contribution in [3.63, 3.8) is 0 Å². The Balaban J connectivity index is 1.04. The molecular weight excluding hydrogens is 725 g/mol. The third-order valence-electron chi connectivity index (χ3n) is 11.6. The second-order valence-electron chi connectivity index (χ2n) is 15.5. The van der Waals surface area contributed by atoms with Gasteiger partial charge in [0, 0.05) is 33.9 Å². The second-order valence-corrected chi connectivity index (χ2v) is 15.5. The molecule has 0 amide bonds. The quantitative estimate of drug-likeness (QED) is 0.144. The fourth-order valence-corrected chi connectivity index (χ4v) is 8.68. The van der Waals surface area contributed by atoms with Crippen molar-refractivity contribution in [2.75, 3.05) is 9.80 Å². The molecule has 0 aromatic heterocycles. The molecule has 0 aliphatic carbocycles. The van der Waals surface area contributed by atoms with Crippen LogP contribution in [0.25, 0.3) is 54.9 Å². The molecule has 286 valence electrons. The van der Waals surface area contributed by atoms with Crippen molar-refractivity contribution < 1.29 is 0 Å². The lowest BCUT2D eigenvalue weighted by molar-refractivity contribution is 1.24. The molecule has 0 atom stereocenters. The van der Waals surface area contributed by atoms with Gasteiger partial charge < -0.3 is 9.80 Å². The van der Waals surface area contributed by atoms with Crippen LogP contribution in [0, 0.1) is 13.8 Å². The van der Waals surface area contributed by atoms with Crippen LogP contribution in [0.2, 0.25) is 0 Å². The first-order chi connectivity index (χ1) is 29.6. The van der Waals surface area contributed by atoms with Crippen LogP contribution in [-0.4, -0.2) is 0 Å². The molecule has 0 aliphatic rings. The van der Waals surface area contributed by atoms with Crippen LogP contribution in [0.3, 0.4) is 0 Å². The molecule has 0 heterocycles. The average molecular weight is 769 g/mol. The lowest BCUT2D eigenvalue weighted by atomic mass is 9.96. The van der Waals surface area contributed by atoms with Gasteiger partial charge in [0.05, 0.1) is 11.4 Å². The van der Waals surface area contributed by atoms with Crippen LogP contribution in [-0.2, 0) is 0 Å². The number of fused-ring (bicyclic) bond motifs is 2. The van der Waals surface area contributed by atoms with E-state index in [9.17, 15) is 0 Å². The third kappa shape index (κ3) is 6.99. The second kappa shape index (κ2) is 15.9. The van der Waals surface area contributed by atoms with Gasteiger partial charge >= 0.3 is 0 Å². The van der Waals surface area contributed by atoms with Crippen molar-refractivity contribution in [3.8, 4) is 33.4 Å². The summed E-state index contributed by atoms with van der Waals surface area (Å²) in [5.74, 6) is 0. The van der Waals surface area contributed by atoms with E-state index in [0.717, 1.165) is 34.1 Å². The Kier molecular flexibility index (Phi) is 9.73. The molecule has 0 unspecified atom stereocenters. The van der Waals surface area contributed by atoms with E-state index in [1.807, 2.05) is 0 Å². The summed E-state index contributed by atoms with van der Waals surface area (Å²) >= 11 is 0. The predicted molar refractivity (Wildman–Crippen MR) is 257 cm³/mol. The zero-order valence-electron chi connectivity index (χ0n) is 33.8. The summed E-state index contributed by atoms with van der Waals surface area (Å²) < 4.78 is 0. The van der Waals surface area contributed by atoms with Crippen LogP contribution in [0.5, 0.6) is 0 Å². The van der Waals surface area contributed by atoms with E-state index < -0.39 is 0 Å². The fourth-order valence-electron chi connectivity index (χ4n) is 8.68. The van der Waals surface area contributed by atoms with Crippen LogP contribution >= 0.6 is 0 Å². The maximum absolute atomic E-state index is 2.41. The Hall–Kier alpha value is -7.68. The van der Waals surface area contributed by atoms with Gasteiger partial charge in [-0.3, -0.25) is 0 Å². The maximum atomic E-state index is 2.41. The van der Waals surface area contributed by atoms with Crippen molar-refractivity contribution in [1.29, 1.82) is 0 Å². The van der Waals surface area contributed by atoms with E-state index in [2.05, 4.69) is 254 Å². The molecular formula is C58H44N2. The molecule has 0 N–H and O–H groups in total. The summed E-state index contributed by atoms with van der Waals surface area (Å²) in [4.78, 5) is 4.81. The van der Waals surface area contributed by atoms with Gasteiger partial charge in [0.1, 0.15) is 0 Å². The maximum Gasteiger partial charge on any atom is 0.0540 e. The fraction of sp³-hybridized carbons (Fsp3) is 0.0345. The molecule has 0 radical (unpaired) electrons. The highest BCUT2D eigenvalue weighted by Gasteiger charge is 2.21. The molecule has 2 heteroatoms. The SMILES string of the molecule is Cc1cc(-c2ccc(N(c3ccccc3)c3ccccc3-c3ccc4ccccc4c3)c(C)c2)ccc1N(c1ccccc1)c1ccccc1-c1ccc2ccccc2c1. The Bertz CT molecular complexity index is 2920. The van der Waals surface area contributed by atoms with E-state index in [4.69, 9.17) is 0 Å². The normalized spacial score (nSPS) is 11.2. The highest BCUT2D eigenvalue weighted by atomic mass is 15.2. The Morgan fingerprint density at radius 3 is 1.02 bits per heavy atom. The molecule has 0 bridgehead atoms. The minimum atomic E-state index is 1.12. The molecule has 0 aliphatic heterocycles. The zero-order valence-corrected chi connectivity index (χ0v) is 33.8. The van der Waals surface area contributed by atoms with Crippen LogP contribution in [0.4, 0.5) is 34.1 Å². The summed E-state index contributed by atoms with van der Waals surface area (Å²) in [5.41, 5.74) is 16.3. The van der Waals surface area contributed by atoms with Crippen molar-refractivity contribution in [3.05, 3.63) is 242 Å². The molecule has 10 aromatic carbocycles. The highest BCUT2D eigenvalue weighted by Crippen LogP contribution is 2.45. The van der Waals surface area contributed by atoms with E-state index >= 15 is 0 Å². The Morgan fingerprint density at radius 1 is 0.250 bits per heavy atom. The molecule has 10 rings (SSSR count). The van der Waals surface area contributed by atoms with Gasteiger partial charge in [-0.15, -0.1) is 0 Å². The van der Waals surface area contributed by atoms with Crippen LogP contribution in [0.15, 0.2) is 231 Å². The first-order valence-electron chi connectivity index (χ1n) is 20.7. The lowest BCUT2D eigenvalue weighted by Gasteiger charge is -2.30. The molecule has 2 nitrogen and oxygen atoms in total. The first kappa shape index (κ1) is 36.6. The summed E-state index contributed by atoms with van der Waals surface area (Å²) in [7, 11) is 0. The van der Waals surface area contributed by atoms with Gasteiger partial charge in [0.25, 0.3) is 0 Å². The monoisotopic (exact) mass is 768 g/mol. The van der Waals surface area contributed by atoms with Gasteiger partial charge in [-0.2, -0.15) is 0 Å². The number of nitrogens with zero attached hydrogens (tertiary/aromatic N) is 2. The molecule has 10 aromatic rings. The van der Waals surface area contributed by atoms with Gasteiger partial charge in [-0.1, -0.05) is 158 Å². The summed E-state index contributed by atoms with van der Waals surface area (Å²) in [5, 5.41) is 4.96.